The van der Waals surface area contributed by atoms with E-state index in [1.165, 1.54) is 19.2 Å². The average Bonchev–Trinajstić information content (AvgIpc) is 2.02. The Kier molecular flexibility index (Phi) is 5.59. The maximum absolute atomic E-state index is 10.6. The number of nitrogen functional groups attached to an aromatic ring is 1. The fourth-order valence-corrected chi connectivity index (χ4v) is 1.54. The third kappa shape index (κ3) is 3.19. The van der Waals surface area contributed by atoms with Gasteiger partial charge in [-0.3, -0.25) is 0 Å². The summed E-state index contributed by atoms with van der Waals surface area (Å²) in [5, 5.41) is 0. The van der Waals surface area contributed by atoms with Crippen molar-refractivity contribution in [3.63, 3.8) is 0 Å². The number of rotatable bonds is 2. The minimum atomic E-state index is -4.52. The van der Waals surface area contributed by atoms with Gasteiger partial charge in [0.15, 0.2) is 0 Å². The summed E-state index contributed by atoms with van der Waals surface area (Å²) in [5.74, 6) is 0.178. The zero-order chi connectivity index (χ0) is 10.1. The summed E-state index contributed by atoms with van der Waals surface area (Å²) in [6, 6.07) is 4.00. The number of methoxy groups -OCH3 is 1. The maximum Gasteiger partial charge on any atom is 1.00 e. The van der Waals surface area contributed by atoms with Crippen LogP contribution in [0.1, 0.15) is 0 Å². The molecule has 0 aromatic heterocycles. The topological polar surface area (TPSA) is 92.5 Å². The molecule has 5 nitrogen and oxygen atoms in total. The zero-order valence-corrected chi connectivity index (χ0v) is 11.8. The van der Waals surface area contributed by atoms with Crippen LogP contribution in [0.3, 0.4) is 0 Å². The molecule has 0 bridgehead atoms. The smallest absolute Gasteiger partial charge is 0.744 e. The van der Waals surface area contributed by atoms with E-state index in [-0.39, 0.29) is 62.8 Å². The second kappa shape index (κ2) is 5.45. The first-order chi connectivity index (χ1) is 5.96. The van der Waals surface area contributed by atoms with Gasteiger partial charge in [0, 0.05) is 0 Å². The van der Waals surface area contributed by atoms with E-state index in [0.717, 1.165) is 6.07 Å². The molecule has 0 unspecified atom stereocenters. The van der Waals surface area contributed by atoms with Gasteiger partial charge in [-0.15, -0.1) is 0 Å². The van der Waals surface area contributed by atoms with Gasteiger partial charge in [-0.2, -0.15) is 0 Å². The summed E-state index contributed by atoms with van der Waals surface area (Å²) >= 11 is 0. The van der Waals surface area contributed by atoms with Crippen molar-refractivity contribution < 1.29 is 69.1 Å². The second-order valence-electron chi connectivity index (χ2n) is 2.33. The van der Waals surface area contributed by atoms with Crippen molar-refractivity contribution in [2.75, 3.05) is 12.8 Å². The van der Waals surface area contributed by atoms with Crippen molar-refractivity contribution in [1.29, 1.82) is 0 Å². The number of nitrogens with two attached hydrogens (primary N) is 1. The molecule has 0 fully saturated rings. The Hall–Kier alpha value is 0.366. The molecule has 0 aliphatic carbocycles. The summed E-state index contributed by atoms with van der Waals surface area (Å²) in [6.45, 7) is 0. The zero-order valence-electron chi connectivity index (χ0n) is 7.85. The summed E-state index contributed by atoms with van der Waals surface area (Å²) in [6.07, 6.45) is 0. The first-order valence-corrected chi connectivity index (χ1v) is 4.76. The molecule has 0 amide bonds. The number of benzene rings is 1. The van der Waals surface area contributed by atoms with E-state index < -0.39 is 15.0 Å². The van der Waals surface area contributed by atoms with Crippen LogP contribution >= 0.6 is 0 Å². The first kappa shape index (κ1) is 14.4. The molecule has 0 aliphatic rings. The number of para-hydroxylation sites is 1. The Balaban J connectivity index is 0.00000169. The number of hydrogen-bond donors (Lipinski definition) is 1. The minimum absolute atomic E-state index is 0. The molecule has 0 radical (unpaired) electrons. The van der Waals surface area contributed by atoms with Gasteiger partial charge in [-0.1, -0.05) is 6.07 Å². The van der Waals surface area contributed by atoms with Crippen LogP contribution in [0.5, 0.6) is 5.75 Å². The number of hydrogen-bond acceptors (Lipinski definition) is 5. The van der Waals surface area contributed by atoms with Crippen LogP contribution in [0.25, 0.3) is 0 Å². The largest absolute Gasteiger partial charge is 1.00 e. The summed E-state index contributed by atoms with van der Waals surface area (Å²) < 4.78 is 36.6. The molecule has 0 saturated carbocycles. The fraction of sp³-hybridized carbons (Fsp3) is 0.143. The van der Waals surface area contributed by atoms with Gasteiger partial charge in [0.25, 0.3) is 0 Å². The van der Waals surface area contributed by atoms with E-state index in [4.69, 9.17) is 10.5 Å². The molecule has 1 aromatic carbocycles. The molecule has 14 heavy (non-hydrogen) atoms. The van der Waals surface area contributed by atoms with E-state index in [1.54, 1.807) is 0 Å². The van der Waals surface area contributed by atoms with Crippen LogP contribution in [0.4, 0.5) is 5.69 Å². The molecule has 0 heterocycles. The molecule has 1 rings (SSSR count). The van der Waals surface area contributed by atoms with E-state index in [2.05, 4.69) is 0 Å². The monoisotopic (exact) mass is 241 g/mol. The molecule has 0 saturated heterocycles. The number of ether oxygens (including phenoxy) is 1. The summed E-state index contributed by atoms with van der Waals surface area (Å²) in [5.41, 5.74) is 5.22. The number of anilines is 1. The van der Waals surface area contributed by atoms with Crippen LogP contribution in [0, 0.1) is 0 Å². The van der Waals surface area contributed by atoms with E-state index in [1.807, 2.05) is 0 Å². The van der Waals surface area contributed by atoms with E-state index >= 15 is 0 Å². The van der Waals surface area contributed by atoms with Crippen molar-refractivity contribution in [3.05, 3.63) is 18.2 Å². The van der Waals surface area contributed by atoms with Gasteiger partial charge < -0.3 is 15.0 Å². The van der Waals surface area contributed by atoms with Gasteiger partial charge in [0.05, 0.1) is 17.7 Å². The van der Waals surface area contributed by atoms with Crippen LogP contribution in [-0.4, -0.2) is 20.1 Å². The molecule has 72 valence electrons. The van der Waals surface area contributed by atoms with Gasteiger partial charge in [0.2, 0.25) is 0 Å². The standard InChI is InChI=1S/C7H9NO4S.K/c1-12-5-3-2-4-6(7(5)8)13(9,10)11;/h2-4H,8H2,1H3,(H,9,10,11);/q;+1/p-1. The van der Waals surface area contributed by atoms with Crippen molar-refractivity contribution in [3.8, 4) is 5.75 Å². The Morgan fingerprint density at radius 1 is 1.43 bits per heavy atom. The predicted octanol–water partition coefficient (Wildman–Crippen LogP) is -2.81. The first-order valence-electron chi connectivity index (χ1n) is 3.35. The van der Waals surface area contributed by atoms with Gasteiger partial charge in [0.1, 0.15) is 15.9 Å². The van der Waals surface area contributed by atoms with E-state index in [9.17, 15) is 13.0 Å². The Morgan fingerprint density at radius 2 is 2.00 bits per heavy atom. The predicted molar refractivity (Wildman–Crippen MR) is 45.4 cm³/mol. The van der Waals surface area contributed by atoms with Crippen LogP contribution in [0.15, 0.2) is 23.1 Å². The van der Waals surface area contributed by atoms with Crippen molar-refractivity contribution >= 4 is 15.8 Å². The molecule has 7 heteroatoms. The van der Waals surface area contributed by atoms with Crippen molar-refractivity contribution in [2.45, 2.75) is 4.90 Å². The Labute approximate surface area is 125 Å². The third-order valence-corrected chi connectivity index (χ3v) is 2.41. The molecule has 2 N–H and O–H groups in total. The van der Waals surface area contributed by atoms with Crippen LogP contribution in [0.2, 0.25) is 0 Å². The third-order valence-electron chi connectivity index (χ3n) is 1.52. The fourth-order valence-electron chi connectivity index (χ4n) is 0.920. The molecule has 1 aromatic rings. The van der Waals surface area contributed by atoms with Crippen molar-refractivity contribution in [1.82, 2.24) is 0 Å². The van der Waals surface area contributed by atoms with Crippen LogP contribution < -0.4 is 61.9 Å². The molecule has 0 atom stereocenters. The second-order valence-corrected chi connectivity index (χ2v) is 3.67. The normalized spacial score (nSPS) is 10.4. The van der Waals surface area contributed by atoms with E-state index in [0.29, 0.717) is 0 Å². The minimum Gasteiger partial charge on any atom is -0.744 e. The molecular weight excluding hydrogens is 233 g/mol. The quantitative estimate of drug-likeness (QED) is 0.343. The molecular formula is C7H8KNO4S. The van der Waals surface area contributed by atoms with Crippen molar-refractivity contribution in [2.24, 2.45) is 0 Å². The van der Waals surface area contributed by atoms with Crippen LogP contribution in [-0.2, 0) is 10.1 Å². The Morgan fingerprint density at radius 3 is 2.43 bits per heavy atom. The maximum atomic E-state index is 10.6. The summed E-state index contributed by atoms with van der Waals surface area (Å²) in [4.78, 5) is -0.452. The molecule has 0 aliphatic heterocycles. The average molecular weight is 241 g/mol. The SMILES string of the molecule is COc1cccc(S(=O)(=O)[O-])c1N.[K+]. The van der Waals surface area contributed by atoms with Gasteiger partial charge >= 0.3 is 51.4 Å². The molecule has 0 spiro atoms. The van der Waals surface area contributed by atoms with Gasteiger partial charge in [-0.25, -0.2) is 8.42 Å². The van der Waals surface area contributed by atoms with Gasteiger partial charge in [-0.05, 0) is 12.1 Å². The summed E-state index contributed by atoms with van der Waals surface area (Å²) in [7, 11) is -3.18. The Bertz CT molecular complexity index is 418.